The first-order chi connectivity index (χ1) is 22.8. The van der Waals surface area contributed by atoms with E-state index in [1.54, 1.807) is 0 Å². The quantitative estimate of drug-likeness (QED) is 0.0661. The first-order valence-electron chi connectivity index (χ1n) is 18.5. The summed E-state index contributed by atoms with van der Waals surface area (Å²) in [5, 5.41) is 19.9. The van der Waals surface area contributed by atoms with Crippen molar-refractivity contribution in [2.24, 2.45) is 0 Å². The smallest absolute Gasteiger partial charge is 0.000741 e. The first kappa shape index (κ1) is 29.5. The van der Waals surface area contributed by atoms with Gasteiger partial charge in [-0.2, -0.15) is 0 Å². The third-order valence-electron chi connectivity index (χ3n) is 11.1. The van der Waals surface area contributed by atoms with Crippen LogP contribution in [0.1, 0.15) is 102 Å². The Balaban J connectivity index is 1.28. The molecule has 0 heterocycles. The van der Waals surface area contributed by atoms with Crippen molar-refractivity contribution in [1.29, 1.82) is 0 Å². The molecule has 0 aliphatic carbocycles. The summed E-state index contributed by atoms with van der Waals surface area (Å²) in [6.07, 6.45) is 18.5. The zero-order valence-corrected chi connectivity index (χ0v) is 28.0. The van der Waals surface area contributed by atoms with Crippen LogP contribution < -0.4 is 0 Å². The van der Waals surface area contributed by atoms with E-state index in [0.29, 0.717) is 0 Å². The second-order valence-electron chi connectivity index (χ2n) is 14.2. The molecule has 0 atom stereocenters. The fourth-order valence-corrected chi connectivity index (χ4v) is 8.74. The Morgan fingerprint density at radius 3 is 1.09 bits per heavy atom. The molecule has 0 heteroatoms. The molecule has 0 aliphatic rings. The molecular weight excluding hydrogens is 553 g/mol. The van der Waals surface area contributed by atoms with E-state index >= 15 is 0 Å². The van der Waals surface area contributed by atoms with Crippen molar-refractivity contribution in [2.75, 3.05) is 0 Å². The van der Waals surface area contributed by atoms with Gasteiger partial charge in [0.05, 0.1) is 0 Å². The minimum absolute atomic E-state index is 1.18. The fraction of sp³-hybridized carbons (Fsp3) is 0.348. The van der Waals surface area contributed by atoms with Crippen molar-refractivity contribution in [3.8, 4) is 0 Å². The fourth-order valence-electron chi connectivity index (χ4n) is 8.74. The molecule has 232 valence electrons. The topological polar surface area (TPSA) is 0 Å². The van der Waals surface area contributed by atoms with E-state index in [1.807, 2.05) is 0 Å². The zero-order chi connectivity index (χ0) is 31.0. The number of hydrogen-bond acceptors (Lipinski definition) is 0. The molecule has 0 saturated carbocycles. The molecule has 8 aromatic rings. The van der Waals surface area contributed by atoms with Gasteiger partial charge in [0, 0.05) is 0 Å². The molecule has 8 rings (SSSR count). The van der Waals surface area contributed by atoms with Gasteiger partial charge in [-0.05, 0) is 112 Å². The molecular formula is C46H48. The van der Waals surface area contributed by atoms with E-state index in [9.17, 15) is 0 Å². The molecule has 0 aromatic heterocycles. The van der Waals surface area contributed by atoms with Crippen molar-refractivity contribution < 1.29 is 0 Å². The predicted octanol–water partition coefficient (Wildman–Crippen LogP) is 14.4. The van der Waals surface area contributed by atoms with Gasteiger partial charge < -0.3 is 0 Å². The van der Waals surface area contributed by atoms with Gasteiger partial charge in [-0.1, -0.05) is 163 Å². The monoisotopic (exact) mass is 600 g/mol. The molecule has 0 aliphatic heterocycles. The van der Waals surface area contributed by atoms with Crippen molar-refractivity contribution in [2.45, 2.75) is 104 Å². The van der Waals surface area contributed by atoms with Gasteiger partial charge >= 0.3 is 0 Å². The molecule has 0 radical (unpaired) electrons. The van der Waals surface area contributed by atoms with Crippen molar-refractivity contribution in [1.82, 2.24) is 0 Å². The van der Waals surface area contributed by atoms with Crippen molar-refractivity contribution in [3.05, 3.63) is 96.1 Å². The maximum Gasteiger partial charge on any atom is -0.000741 e. The van der Waals surface area contributed by atoms with Crippen LogP contribution in [0.3, 0.4) is 0 Å². The van der Waals surface area contributed by atoms with Gasteiger partial charge in [0.1, 0.15) is 0 Å². The lowest BCUT2D eigenvalue weighted by molar-refractivity contribution is 0.607. The molecule has 0 saturated heterocycles. The van der Waals surface area contributed by atoms with Gasteiger partial charge in [-0.3, -0.25) is 0 Å². The summed E-state index contributed by atoms with van der Waals surface area (Å²) in [7, 11) is 0. The van der Waals surface area contributed by atoms with Gasteiger partial charge in [0.25, 0.3) is 0 Å². The van der Waals surface area contributed by atoms with E-state index in [-0.39, 0.29) is 0 Å². The van der Waals surface area contributed by atoms with Crippen molar-refractivity contribution in [3.63, 3.8) is 0 Å². The van der Waals surface area contributed by atoms with E-state index in [2.05, 4.69) is 98.8 Å². The summed E-state index contributed by atoms with van der Waals surface area (Å²) in [6.45, 7) is 4.60. The first-order valence-corrected chi connectivity index (χ1v) is 18.5. The number of aryl methyl sites for hydroxylation is 2. The summed E-state index contributed by atoms with van der Waals surface area (Å²) in [4.78, 5) is 0. The molecule has 0 amide bonds. The Labute approximate surface area is 274 Å². The highest BCUT2D eigenvalue weighted by Crippen LogP contribution is 2.50. The van der Waals surface area contributed by atoms with Crippen LogP contribution in [0, 0.1) is 0 Å². The largest absolute Gasteiger partial charge is 0.0654 e. The van der Waals surface area contributed by atoms with Crippen LogP contribution in [0.15, 0.2) is 84.9 Å². The summed E-state index contributed by atoms with van der Waals surface area (Å²) >= 11 is 0. The molecule has 46 heavy (non-hydrogen) atoms. The molecule has 8 aromatic carbocycles. The Kier molecular flexibility index (Phi) is 8.15. The van der Waals surface area contributed by atoms with Crippen LogP contribution in [0.4, 0.5) is 0 Å². The highest BCUT2D eigenvalue weighted by atomic mass is 14.2. The van der Waals surface area contributed by atoms with E-state index in [1.165, 1.54) is 176 Å². The lowest BCUT2D eigenvalue weighted by Gasteiger charge is -2.22. The summed E-state index contributed by atoms with van der Waals surface area (Å²) < 4.78 is 0. The van der Waals surface area contributed by atoms with E-state index < -0.39 is 0 Å². The molecule has 0 bridgehead atoms. The molecule has 0 N–H and O–H groups in total. The van der Waals surface area contributed by atoms with E-state index in [0.717, 1.165) is 0 Å². The van der Waals surface area contributed by atoms with Gasteiger partial charge in [0.15, 0.2) is 0 Å². The van der Waals surface area contributed by atoms with Crippen LogP contribution >= 0.6 is 0 Å². The van der Waals surface area contributed by atoms with Crippen LogP contribution in [-0.2, 0) is 12.8 Å². The average Bonchev–Trinajstić information content (AvgIpc) is 3.10. The van der Waals surface area contributed by atoms with E-state index in [4.69, 9.17) is 0 Å². The Bertz CT molecular complexity index is 2120. The zero-order valence-electron chi connectivity index (χ0n) is 28.0. The normalized spacial score (nSPS) is 12.5. The maximum absolute atomic E-state index is 2.52. The molecule has 0 spiro atoms. The number of fused-ring (bicyclic) bond motifs is 7. The standard InChI is InChI=1S/C46H48/c1-3-5-7-9-11-13-17-31-23-25-33-39-27-28-40-34-26-24-32(18-14-12-10-8-6-4-2)30-42(34)38-22-16-20-36-35-19-15-21-37(41(33)29-31)43(35)45(39)46(40)44(36)38/h15-16,19-30H,3-14,17-18H2,1-2H3. The summed E-state index contributed by atoms with van der Waals surface area (Å²) in [5.41, 5.74) is 2.97. The highest BCUT2D eigenvalue weighted by molar-refractivity contribution is 6.47. The third-order valence-corrected chi connectivity index (χ3v) is 11.1. The number of unbranched alkanes of at least 4 members (excludes halogenated alkanes) is 10. The van der Waals surface area contributed by atoms with Crippen LogP contribution in [-0.4, -0.2) is 0 Å². The second kappa shape index (κ2) is 12.7. The van der Waals surface area contributed by atoms with Crippen LogP contribution in [0.2, 0.25) is 0 Å². The Morgan fingerprint density at radius 2 is 0.652 bits per heavy atom. The third kappa shape index (κ3) is 4.97. The van der Waals surface area contributed by atoms with Gasteiger partial charge in [-0.25, -0.2) is 0 Å². The minimum atomic E-state index is 1.18. The predicted molar refractivity (Wildman–Crippen MR) is 206 cm³/mol. The Morgan fingerprint density at radius 1 is 0.304 bits per heavy atom. The second-order valence-corrected chi connectivity index (χ2v) is 14.2. The van der Waals surface area contributed by atoms with Crippen LogP contribution in [0.25, 0.3) is 75.4 Å². The van der Waals surface area contributed by atoms with Crippen LogP contribution in [0.5, 0.6) is 0 Å². The van der Waals surface area contributed by atoms with Gasteiger partial charge in [-0.15, -0.1) is 0 Å². The number of benzene rings is 8. The SMILES string of the molecule is CCCCCCCCc1ccc2c(c1)c1cccc3c4cccc5c6cc(CCCCCCCC)ccc6c6ccc2c(c13)c6c54. The number of hydrogen-bond donors (Lipinski definition) is 0. The molecule has 0 nitrogen and oxygen atoms in total. The lowest BCUT2D eigenvalue weighted by atomic mass is 9.81. The molecule has 0 fully saturated rings. The summed E-state index contributed by atoms with van der Waals surface area (Å²) in [5.74, 6) is 0. The molecule has 0 unspecified atom stereocenters. The minimum Gasteiger partial charge on any atom is -0.0654 e. The van der Waals surface area contributed by atoms with Crippen molar-refractivity contribution >= 4 is 75.4 Å². The number of rotatable bonds is 14. The summed E-state index contributed by atoms with van der Waals surface area (Å²) in [6, 6.07) is 33.7. The highest BCUT2D eigenvalue weighted by Gasteiger charge is 2.21. The lowest BCUT2D eigenvalue weighted by Crippen LogP contribution is -1.94. The maximum atomic E-state index is 2.52. The van der Waals surface area contributed by atoms with Gasteiger partial charge in [0.2, 0.25) is 0 Å². The average molecular weight is 601 g/mol. The Hall–Kier alpha value is -3.90.